The van der Waals surface area contributed by atoms with Gasteiger partial charge in [-0.15, -0.1) is 6.42 Å². The van der Waals surface area contributed by atoms with Gasteiger partial charge in [-0.1, -0.05) is 84.3 Å². The number of nitrogens with one attached hydrogen (secondary N) is 2. The molecule has 7 heteroatoms. The lowest BCUT2D eigenvalue weighted by Gasteiger charge is -2.36. The van der Waals surface area contributed by atoms with Crippen LogP contribution < -0.4 is 10.6 Å². The summed E-state index contributed by atoms with van der Waals surface area (Å²) in [6.45, 7) is 14.4. The van der Waals surface area contributed by atoms with Crippen LogP contribution in [0.15, 0.2) is 24.3 Å². The maximum atomic E-state index is 14.3. The molecule has 0 heterocycles. The van der Waals surface area contributed by atoms with E-state index in [9.17, 15) is 14.4 Å². The van der Waals surface area contributed by atoms with Gasteiger partial charge in [-0.2, -0.15) is 0 Å². The molecule has 0 saturated carbocycles. The van der Waals surface area contributed by atoms with Crippen molar-refractivity contribution in [2.24, 2.45) is 5.92 Å². The lowest BCUT2D eigenvalue weighted by molar-refractivity contribution is -0.143. The fourth-order valence-electron chi connectivity index (χ4n) is 4.27. The van der Waals surface area contributed by atoms with Gasteiger partial charge in [0.25, 0.3) is 0 Å². The highest BCUT2D eigenvalue weighted by Gasteiger charge is 2.37. The summed E-state index contributed by atoms with van der Waals surface area (Å²) in [6.07, 6.45) is 12.4. The number of alkyl carbamates (subject to hydrolysis) is 1. The van der Waals surface area contributed by atoms with Crippen LogP contribution in [0.3, 0.4) is 0 Å². The fourth-order valence-corrected chi connectivity index (χ4v) is 4.27. The van der Waals surface area contributed by atoms with Crippen LogP contribution in [-0.4, -0.2) is 47.5 Å². The third kappa shape index (κ3) is 12.1. The largest absolute Gasteiger partial charge is 0.444 e. The molecule has 0 aliphatic rings. The number of unbranched alkanes of at least 4 members (excludes halogenated alkanes) is 5. The van der Waals surface area contributed by atoms with Gasteiger partial charge in [-0.05, 0) is 57.2 Å². The van der Waals surface area contributed by atoms with Crippen molar-refractivity contribution < 1.29 is 19.1 Å². The summed E-state index contributed by atoms with van der Waals surface area (Å²) in [5, 5.41) is 5.85. The smallest absolute Gasteiger partial charge is 0.408 e. The number of benzene rings is 1. The van der Waals surface area contributed by atoms with Gasteiger partial charge in [0.05, 0.1) is 0 Å². The predicted molar refractivity (Wildman–Crippen MR) is 158 cm³/mol. The Labute approximate surface area is 236 Å². The number of nitrogens with zero attached hydrogens (tertiary/aromatic N) is 1. The molecule has 3 atom stereocenters. The first-order chi connectivity index (χ1) is 18.5. The monoisotopic (exact) mass is 541 g/mol. The standard InChI is InChI=1S/C32H51N3O4/c1-9-13-15-16-17-23-35(30(37)27(24(5)11-3)34-31(38)39-32(6,7)8)28(29(36)33-22-14-10-2)26-20-18-25(12-4)19-21-26/h4,18-21,24,27-28H,9-11,13-17,22-23H2,1-3,5-8H3,(H,33,36)(H,34,38). The maximum Gasteiger partial charge on any atom is 0.408 e. The summed E-state index contributed by atoms with van der Waals surface area (Å²) < 4.78 is 5.48. The second kappa shape index (κ2) is 17.6. The minimum absolute atomic E-state index is 0.166. The van der Waals surface area contributed by atoms with Crippen molar-refractivity contribution in [1.82, 2.24) is 15.5 Å². The van der Waals surface area contributed by atoms with Crippen LogP contribution in [0.25, 0.3) is 0 Å². The molecule has 3 unspecified atom stereocenters. The molecular weight excluding hydrogens is 490 g/mol. The molecule has 2 N–H and O–H groups in total. The quantitative estimate of drug-likeness (QED) is 0.188. The van der Waals surface area contributed by atoms with E-state index in [1.807, 2.05) is 26.0 Å². The van der Waals surface area contributed by atoms with Crippen LogP contribution in [0.5, 0.6) is 0 Å². The van der Waals surface area contributed by atoms with E-state index in [-0.39, 0.29) is 17.7 Å². The first-order valence-electron chi connectivity index (χ1n) is 14.6. The van der Waals surface area contributed by atoms with E-state index in [4.69, 9.17) is 11.2 Å². The second-order valence-corrected chi connectivity index (χ2v) is 11.3. The Morgan fingerprint density at radius 2 is 1.59 bits per heavy atom. The van der Waals surface area contributed by atoms with Crippen molar-refractivity contribution in [3.8, 4) is 12.3 Å². The van der Waals surface area contributed by atoms with Crippen molar-refractivity contribution in [2.45, 2.75) is 118 Å². The van der Waals surface area contributed by atoms with Crippen molar-refractivity contribution >= 4 is 17.9 Å². The number of hydrogen-bond acceptors (Lipinski definition) is 4. The molecule has 7 nitrogen and oxygen atoms in total. The van der Waals surface area contributed by atoms with Gasteiger partial charge in [0.2, 0.25) is 11.8 Å². The van der Waals surface area contributed by atoms with Crippen molar-refractivity contribution in [2.75, 3.05) is 13.1 Å². The van der Waals surface area contributed by atoms with E-state index in [0.29, 0.717) is 30.6 Å². The lowest BCUT2D eigenvalue weighted by Crippen LogP contribution is -2.55. The lowest BCUT2D eigenvalue weighted by atomic mass is 9.95. The number of hydrogen-bond donors (Lipinski definition) is 2. The molecule has 0 saturated heterocycles. The fraction of sp³-hybridized carbons (Fsp3) is 0.656. The summed E-state index contributed by atoms with van der Waals surface area (Å²) >= 11 is 0. The highest BCUT2D eigenvalue weighted by atomic mass is 16.6. The summed E-state index contributed by atoms with van der Waals surface area (Å²) in [4.78, 5) is 42.4. The molecule has 0 aromatic heterocycles. The second-order valence-electron chi connectivity index (χ2n) is 11.3. The molecule has 218 valence electrons. The zero-order chi connectivity index (χ0) is 29.4. The highest BCUT2D eigenvalue weighted by Crippen LogP contribution is 2.26. The van der Waals surface area contributed by atoms with Crippen LogP contribution in [0.2, 0.25) is 0 Å². The topological polar surface area (TPSA) is 87.7 Å². The Kier molecular flexibility index (Phi) is 15.3. The number of rotatable bonds is 16. The van der Waals surface area contributed by atoms with Crippen LogP contribution in [0.1, 0.15) is 117 Å². The zero-order valence-corrected chi connectivity index (χ0v) is 25.3. The van der Waals surface area contributed by atoms with Gasteiger partial charge >= 0.3 is 6.09 Å². The Morgan fingerprint density at radius 1 is 0.974 bits per heavy atom. The first kappa shape index (κ1) is 34.0. The van der Waals surface area contributed by atoms with Crippen molar-refractivity contribution in [3.05, 3.63) is 35.4 Å². The molecule has 0 spiro atoms. The van der Waals surface area contributed by atoms with Gasteiger partial charge < -0.3 is 20.3 Å². The van der Waals surface area contributed by atoms with E-state index < -0.39 is 23.8 Å². The van der Waals surface area contributed by atoms with Crippen molar-refractivity contribution in [1.29, 1.82) is 0 Å². The molecule has 0 aliphatic heterocycles. The van der Waals surface area contributed by atoms with E-state index in [0.717, 1.165) is 44.9 Å². The summed E-state index contributed by atoms with van der Waals surface area (Å²) in [7, 11) is 0. The van der Waals surface area contributed by atoms with Gasteiger partial charge in [0, 0.05) is 18.7 Å². The molecule has 39 heavy (non-hydrogen) atoms. The Bertz CT molecular complexity index is 930. The van der Waals surface area contributed by atoms with Crippen LogP contribution >= 0.6 is 0 Å². The zero-order valence-electron chi connectivity index (χ0n) is 25.3. The molecule has 1 aromatic carbocycles. The number of ether oxygens (including phenoxy) is 1. The molecule has 0 aliphatic carbocycles. The maximum absolute atomic E-state index is 14.3. The molecule has 3 amide bonds. The van der Waals surface area contributed by atoms with Gasteiger partial charge in [0.15, 0.2) is 0 Å². The first-order valence-corrected chi connectivity index (χ1v) is 14.6. The van der Waals surface area contributed by atoms with E-state index in [1.165, 1.54) is 0 Å². The average Bonchev–Trinajstić information content (AvgIpc) is 2.89. The molecule has 0 fully saturated rings. The number of carbonyl (C=O) groups is 3. The third-order valence-electron chi connectivity index (χ3n) is 6.72. The average molecular weight is 542 g/mol. The minimum Gasteiger partial charge on any atom is -0.444 e. The van der Waals surface area contributed by atoms with E-state index in [2.05, 4.69) is 30.4 Å². The Balaban J connectivity index is 3.48. The van der Waals surface area contributed by atoms with Gasteiger partial charge in [-0.25, -0.2) is 4.79 Å². The SMILES string of the molecule is C#Cc1ccc(C(C(=O)NCCCC)N(CCCCCCC)C(=O)C(NC(=O)OC(C)(C)C)C(C)CC)cc1. The molecule has 0 radical (unpaired) electrons. The summed E-state index contributed by atoms with van der Waals surface area (Å²) in [6, 6.07) is 5.52. The molecular formula is C32H51N3O4. The molecule has 1 rings (SSSR count). The summed E-state index contributed by atoms with van der Waals surface area (Å²) in [5.41, 5.74) is 0.683. The Morgan fingerprint density at radius 3 is 2.13 bits per heavy atom. The number of terminal acetylenes is 1. The predicted octanol–water partition coefficient (Wildman–Crippen LogP) is 6.36. The van der Waals surface area contributed by atoms with Crippen LogP contribution in [0, 0.1) is 18.3 Å². The Hall–Kier alpha value is -3.01. The minimum atomic E-state index is -0.848. The third-order valence-corrected chi connectivity index (χ3v) is 6.72. The number of carbonyl (C=O) groups excluding carboxylic acids is 3. The van der Waals surface area contributed by atoms with Crippen LogP contribution in [-0.2, 0) is 14.3 Å². The molecule has 1 aromatic rings. The number of amides is 3. The van der Waals surface area contributed by atoms with Crippen molar-refractivity contribution in [3.63, 3.8) is 0 Å². The van der Waals surface area contributed by atoms with Gasteiger partial charge in [0.1, 0.15) is 17.7 Å². The van der Waals surface area contributed by atoms with E-state index >= 15 is 0 Å². The highest BCUT2D eigenvalue weighted by molar-refractivity contribution is 5.92. The molecule has 0 bridgehead atoms. The normalized spacial score (nSPS) is 13.5. The summed E-state index contributed by atoms with van der Waals surface area (Å²) in [5.74, 6) is 1.92. The van der Waals surface area contributed by atoms with E-state index in [1.54, 1.807) is 37.8 Å². The van der Waals surface area contributed by atoms with Crippen LogP contribution in [0.4, 0.5) is 4.79 Å². The van der Waals surface area contributed by atoms with Gasteiger partial charge in [-0.3, -0.25) is 9.59 Å².